The summed E-state index contributed by atoms with van der Waals surface area (Å²) < 4.78 is 0. The number of carbonyl (C=O) groups is 2. The van der Waals surface area contributed by atoms with Gasteiger partial charge in [-0.3, -0.25) is 4.79 Å². The van der Waals surface area contributed by atoms with Crippen LogP contribution in [0.15, 0.2) is 30.3 Å². The summed E-state index contributed by atoms with van der Waals surface area (Å²) in [4.78, 5) is 24.6. The number of para-hydroxylation sites is 1. The molecular weight excluding hydrogens is 292 g/mol. The molecule has 6 nitrogen and oxygen atoms in total. The van der Waals surface area contributed by atoms with Gasteiger partial charge in [0.25, 0.3) is 0 Å². The Hall–Kier alpha value is -2.08. The molecule has 0 radical (unpaired) electrons. The van der Waals surface area contributed by atoms with Gasteiger partial charge in [-0.05, 0) is 51.4 Å². The van der Waals surface area contributed by atoms with E-state index in [1.807, 2.05) is 18.2 Å². The molecule has 0 spiro atoms. The number of hydrogen-bond donors (Lipinski definition) is 4. The first-order valence-corrected chi connectivity index (χ1v) is 8.04. The molecule has 1 heterocycles. The van der Waals surface area contributed by atoms with Crippen molar-refractivity contribution in [3.05, 3.63) is 30.3 Å². The van der Waals surface area contributed by atoms with Crippen molar-refractivity contribution in [3.8, 4) is 0 Å². The van der Waals surface area contributed by atoms with E-state index in [-0.39, 0.29) is 11.9 Å². The average molecular weight is 318 g/mol. The number of carbonyl (C=O) groups excluding carboxylic acids is 2. The number of rotatable bonds is 4. The van der Waals surface area contributed by atoms with E-state index in [2.05, 4.69) is 28.2 Å². The van der Waals surface area contributed by atoms with Gasteiger partial charge in [-0.25, -0.2) is 4.79 Å². The van der Waals surface area contributed by atoms with Crippen molar-refractivity contribution < 1.29 is 9.59 Å². The summed E-state index contributed by atoms with van der Waals surface area (Å²) in [5.41, 5.74) is -0.295. The second kappa shape index (κ2) is 7.46. The van der Waals surface area contributed by atoms with E-state index in [4.69, 9.17) is 0 Å². The maximum Gasteiger partial charge on any atom is 0.320 e. The predicted molar refractivity (Wildman–Crippen MR) is 91.3 cm³/mol. The molecule has 1 fully saturated rings. The standard InChI is InChI=1S/C17H26N4O2/c1-12-11-18-10-9-14(12)20-15(22)17(2,3)21-16(23)19-13-7-5-4-6-8-13/h4-8,12,14,18H,9-11H2,1-3H3,(H,20,22)(H2,19,21,23). The van der Waals surface area contributed by atoms with Crippen LogP contribution in [-0.2, 0) is 4.79 Å². The second-order valence-corrected chi connectivity index (χ2v) is 6.62. The molecule has 2 unspecified atom stereocenters. The highest BCUT2D eigenvalue weighted by molar-refractivity contribution is 5.95. The summed E-state index contributed by atoms with van der Waals surface area (Å²) in [6.45, 7) is 7.32. The third kappa shape index (κ3) is 4.96. The molecule has 2 rings (SSSR count). The van der Waals surface area contributed by atoms with Gasteiger partial charge in [0.05, 0.1) is 0 Å². The molecule has 3 amide bonds. The van der Waals surface area contributed by atoms with E-state index in [0.717, 1.165) is 19.5 Å². The molecule has 6 heteroatoms. The van der Waals surface area contributed by atoms with E-state index < -0.39 is 11.6 Å². The Morgan fingerprint density at radius 3 is 2.57 bits per heavy atom. The van der Waals surface area contributed by atoms with Gasteiger partial charge in [0, 0.05) is 11.7 Å². The average Bonchev–Trinajstić information content (AvgIpc) is 2.49. The molecular formula is C17H26N4O2. The molecule has 1 saturated heterocycles. The molecule has 1 aromatic carbocycles. The van der Waals surface area contributed by atoms with Crippen molar-refractivity contribution in [3.63, 3.8) is 0 Å². The van der Waals surface area contributed by atoms with Crippen LogP contribution in [0, 0.1) is 5.92 Å². The fourth-order valence-corrected chi connectivity index (χ4v) is 2.60. The maximum absolute atomic E-state index is 12.5. The topological polar surface area (TPSA) is 82.3 Å². The maximum atomic E-state index is 12.5. The first-order chi connectivity index (χ1) is 10.9. The van der Waals surface area contributed by atoms with Crippen LogP contribution in [0.1, 0.15) is 27.2 Å². The predicted octanol–water partition coefficient (Wildman–Crippen LogP) is 1.70. The van der Waals surface area contributed by atoms with Crippen LogP contribution in [0.4, 0.5) is 10.5 Å². The van der Waals surface area contributed by atoms with Gasteiger partial charge in [0.2, 0.25) is 5.91 Å². The Labute approximate surface area is 137 Å². The Bertz CT molecular complexity index is 545. The Balaban J connectivity index is 1.89. The third-order valence-corrected chi connectivity index (χ3v) is 4.13. The first-order valence-electron chi connectivity index (χ1n) is 8.04. The molecule has 1 aliphatic rings. The van der Waals surface area contributed by atoms with Gasteiger partial charge in [0.1, 0.15) is 5.54 Å². The summed E-state index contributed by atoms with van der Waals surface area (Å²) in [5, 5.41) is 11.8. The van der Waals surface area contributed by atoms with Crippen molar-refractivity contribution in [2.24, 2.45) is 5.92 Å². The quantitative estimate of drug-likeness (QED) is 0.682. The summed E-state index contributed by atoms with van der Waals surface area (Å²) in [6, 6.07) is 8.89. The fraction of sp³-hybridized carbons (Fsp3) is 0.529. The number of nitrogens with one attached hydrogen (secondary N) is 4. The molecule has 0 saturated carbocycles. The molecule has 2 atom stereocenters. The molecule has 4 N–H and O–H groups in total. The molecule has 23 heavy (non-hydrogen) atoms. The molecule has 0 bridgehead atoms. The number of benzene rings is 1. The summed E-state index contributed by atoms with van der Waals surface area (Å²) in [7, 11) is 0. The number of piperidine rings is 1. The largest absolute Gasteiger partial charge is 0.351 e. The Morgan fingerprint density at radius 1 is 1.22 bits per heavy atom. The smallest absolute Gasteiger partial charge is 0.320 e. The van der Waals surface area contributed by atoms with Crippen molar-refractivity contribution in [1.82, 2.24) is 16.0 Å². The van der Waals surface area contributed by atoms with E-state index in [1.165, 1.54) is 0 Å². The van der Waals surface area contributed by atoms with Crippen LogP contribution in [0.2, 0.25) is 0 Å². The number of hydrogen-bond acceptors (Lipinski definition) is 3. The number of anilines is 1. The minimum atomic E-state index is -0.983. The Morgan fingerprint density at radius 2 is 1.91 bits per heavy atom. The monoisotopic (exact) mass is 318 g/mol. The molecule has 126 valence electrons. The first kappa shape index (κ1) is 17.3. The highest BCUT2D eigenvalue weighted by Gasteiger charge is 2.32. The van der Waals surface area contributed by atoms with E-state index >= 15 is 0 Å². The zero-order valence-electron chi connectivity index (χ0n) is 14.0. The number of amides is 3. The van der Waals surface area contributed by atoms with E-state index in [9.17, 15) is 9.59 Å². The van der Waals surface area contributed by atoms with Crippen LogP contribution in [-0.4, -0.2) is 36.6 Å². The number of urea groups is 1. The summed E-state index contributed by atoms with van der Waals surface area (Å²) >= 11 is 0. The van der Waals surface area contributed by atoms with Gasteiger partial charge in [-0.2, -0.15) is 0 Å². The second-order valence-electron chi connectivity index (χ2n) is 6.62. The normalized spacial score (nSPS) is 21.3. The zero-order valence-corrected chi connectivity index (χ0v) is 14.0. The SMILES string of the molecule is CC1CNCCC1NC(=O)C(C)(C)NC(=O)Nc1ccccc1. The lowest BCUT2D eigenvalue weighted by molar-refractivity contribution is -0.127. The van der Waals surface area contributed by atoms with Crippen molar-refractivity contribution in [1.29, 1.82) is 0 Å². The molecule has 1 aliphatic heterocycles. The van der Waals surface area contributed by atoms with E-state index in [1.54, 1.807) is 26.0 Å². The van der Waals surface area contributed by atoms with Gasteiger partial charge >= 0.3 is 6.03 Å². The summed E-state index contributed by atoms with van der Waals surface area (Å²) in [5.74, 6) is 0.209. The summed E-state index contributed by atoms with van der Waals surface area (Å²) in [6.07, 6.45) is 0.902. The van der Waals surface area contributed by atoms with Crippen LogP contribution >= 0.6 is 0 Å². The highest BCUT2D eigenvalue weighted by atomic mass is 16.2. The lowest BCUT2D eigenvalue weighted by Crippen LogP contribution is -2.59. The van der Waals surface area contributed by atoms with Crippen LogP contribution in [0.3, 0.4) is 0 Å². The fourth-order valence-electron chi connectivity index (χ4n) is 2.60. The van der Waals surface area contributed by atoms with Crippen LogP contribution < -0.4 is 21.3 Å². The minimum absolute atomic E-state index is 0.141. The van der Waals surface area contributed by atoms with E-state index in [0.29, 0.717) is 11.6 Å². The van der Waals surface area contributed by atoms with Crippen molar-refractivity contribution in [2.75, 3.05) is 18.4 Å². The van der Waals surface area contributed by atoms with Crippen LogP contribution in [0.5, 0.6) is 0 Å². The minimum Gasteiger partial charge on any atom is -0.351 e. The lowest BCUT2D eigenvalue weighted by Gasteiger charge is -2.33. The van der Waals surface area contributed by atoms with Gasteiger partial charge in [0.15, 0.2) is 0 Å². The van der Waals surface area contributed by atoms with Crippen LogP contribution in [0.25, 0.3) is 0 Å². The zero-order chi connectivity index (χ0) is 16.9. The molecule has 0 aromatic heterocycles. The van der Waals surface area contributed by atoms with Crippen molar-refractivity contribution >= 4 is 17.6 Å². The van der Waals surface area contributed by atoms with Gasteiger partial charge in [-0.15, -0.1) is 0 Å². The van der Waals surface area contributed by atoms with Crippen molar-refractivity contribution in [2.45, 2.75) is 38.8 Å². The Kier molecular flexibility index (Phi) is 5.60. The lowest BCUT2D eigenvalue weighted by atomic mass is 9.94. The molecule has 0 aliphatic carbocycles. The van der Waals surface area contributed by atoms with Gasteiger partial charge in [-0.1, -0.05) is 25.1 Å². The molecule has 1 aromatic rings. The third-order valence-electron chi connectivity index (χ3n) is 4.13. The van der Waals surface area contributed by atoms with Gasteiger partial charge < -0.3 is 21.3 Å². The highest BCUT2D eigenvalue weighted by Crippen LogP contribution is 2.13.